The molecule has 1 amide bonds. The Kier molecular flexibility index (Phi) is 4.25. The van der Waals surface area contributed by atoms with Crippen molar-refractivity contribution in [2.45, 2.75) is 38.4 Å². The molecule has 1 rings (SSSR count). The fraction of sp³-hybridized carbons (Fsp3) is 0.462. The van der Waals surface area contributed by atoms with Gasteiger partial charge in [-0.3, -0.25) is 4.79 Å². The number of hydrogen-bond acceptors (Lipinski definition) is 2. The van der Waals surface area contributed by atoms with Crippen molar-refractivity contribution in [3.63, 3.8) is 0 Å². The Labute approximate surface area is 110 Å². The van der Waals surface area contributed by atoms with Crippen LogP contribution in [-0.4, -0.2) is 17.6 Å². The van der Waals surface area contributed by atoms with Crippen LogP contribution in [-0.2, 0) is 4.79 Å². The third-order valence-corrected chi connectivity index (χ3v) is 2.90. The van der Waals surface area contributed by atoms with Gasteiger partial charge in [-0.05, 0) is 30.5 Å². The summed E-state index contributed by atoms with van der Waals surface area (Å²) in [5.74, 6) is -0.975. The summed E-state index contributed by atoms with van der Waals surface area (Å²) in [6.45, 7) is 4.63. The molecule has 1 atom stereocenters. The van der Waals surface area contributed by atoms with Gasteiger partial charge in [0.05, 0.1) is 0 Å². The van der Waals surface area contributed by atoms with Crippen molar-refractivity contribution in [1.82, 2.24) is 0 Å². The number of nitrogens with one attached hydrogen (secondary N) is 1. The highest BCUT2D eigenvalue weighted by Gasteiger charge is 2.53. The quantitative estimate of drug-likeness (QED) is 0.890. The third kappa shape index (κ3) is 3.47. The van der Waals surface area contributed by atoms with E-state index in [1.807, 2.05) is 13.8 Å². The van der Waals surface area contributed by atoms with Crippen LogP contribution in [0.1, 0.15) is 32.3 Å². The number of carbonyl (C=O) groups excluding carboxylic acids is 1. The number of amides is 1. The smallest absolute Gasteiger partial charge is 0.324 e. The third-order valence-electron chi connectivity index (χ3n) is 2.90. The highest BCUT2D eigenvalue weighted by Crippen LogP contribution is 2.29. The molecule has 0 aliphatic carbocycles. The van der Waals surface area contributed by atoms with Crippen LogP contribution in [0.2, 0.25) is 0 Å². The Balaban J connectivity index is 2.83. The second-order valence-corrected chi connectivity index (χ2v) is 4.93. The summed E-state index contributed by atoms with van der Waals surface area (Å²) < 4.78 is 37.7. The fourth-order valence-electron chi connectivity index (χ4n) is 1.34. The van der Waals surface area contributed by atoms with E-state index in [1.54, 1.807) is 24.3 Å². The first-order chi connectivity index (χ1) is 8.55. The molecule has 0 saturated heterocycles. The van der Waals surface area contributed by atoms with Gasteiger partial charge in [0.1, 0.15) is 0 Å². The lowest BCUT2D eigenvalue weighted by Gasteiger charge is -2.26. The summed E-state index contributed by atoms with van der Waals surface area (Å²) in [7, 11) is 0. The Bertz CT molecular complexity index is 450. The molecule has 0 aliphatic heterocycles. The molecule has 0 aliphatic rings. The summed E-state index contributed by atoms with van der Waals surface area (Å²) in [6.07, 6.45) is -4.80. The monoisotopic (exact) mass is 274 g/mol. The van der Waals surface area contributed by atoms with E-state index in [0.29, 0.717) is 12.8 Å². The number of anilines is 1. The van der Waals surface area contributed by atoms with Crippen LogP contribution in [0.15, 0.2) is 24.3 Å². The molecule has 0 saturated carbocycles. The maximum Gasteiger partial charge on any atom is 0.415 e. The van der Waals surface area contributed by atoms with E-state index in [4.69, 9.17) is 5.73 Å². The lowest BCUT2D eigenvalue weighted by molar-refractivity contribution is -0.184. The highest BCUT2D eigenvalue weighted by atomic mass is 19.4. The molecule has 0 radical (unpaired) electrons. The molecule has 1 aromatic carbocycles. The van der Waals surface area contributed by atoms with Gasteiger partial charge < -0.3 is 11.1 Å². The van der Waals surface area contributed by atoms with Gasteiger partial charge in [0, 0.05) is 5.69 Å². The van der Waals surface area contributed by atoms with Crippen LogP contribution in [0.3, 0.4) is 0 Å². The van der Waals surface area contributed by atoms with E-state index in [2.05, 4.69) is 5.32 Å². The fourth-order valence-corrected chi connectivity index (χ4v) is 1.34. The number of carbonyl (C=O) groups is 1. The SMILES string of the molecule is CC(C)c1ccc(NC(=O)C(C)(N)C(F)(F)F)cc1. The Morgan fingerprint density at radius 2 is 1.68 bits per heavy atom. The van der Waals surface area contributed by atoms with Gasteiger partial charge in [0.25, 0.3) is 5.91 Å². The van der Waals surface area contributed by atoms with E-state index in [1.165, 1.54) is 0 Å². The first-order valence-electron chi connectivity index (χ1n) is 5.82. The van der Waals surface area contributed by atoms with Crippen molar-refractivity contribution < 1.29 is 18.0 Å². The lowest BCUT2D eigenvalue weighted by atomic mass is 10.0. The zero-order chi connectivity index (χ0) is 14.8. The van der Waals surface area contributed by atoms with Crippen LogP contribution < -0.4 is 11.1 Å². The molecule has 106 valence electrons. The number of benzene rings is 1. The second kappa shape index (κ2) is 5.21. The number of alkyl halides is 3. The number of nitrogens with two attached hydrogens (primary N) is 1. The average molecular weight is 274 g/mol. The molecule has 3 nitrogen and oxygen atoms in total. The van der Waals surface area contributed by atoms with Crippen LogP contribution in [0.25, 0.3) is 0 Å². The average Bonchev–Trinajstić information content (AvgIpc) is 2.28. The van der Waals surface area contributed by atoms with Crippen LogP contribution >= 0.6 is 0 Å². The molecule has 1 aromatic rings. The van der Waals surface area contributed by atoms with Crippen LogP contribution in [0.5, 0.6) is 0 Å². The molecule has 0 aromatic heterocycles. The molecule has 3 N–H and O–H groups in total. The van der Waals surface area contributed by atoms with E-state index in [-0.39, 0.29) is 5.69 Å². The minimum atomic E-state index is -4.80. The van der Waals surface area contributed by atoms with E-state index < -0.39 is 17.6 Å². The van der Waals surface area contributed by atoms with Gasteiger partial charge in [-0.2, -0.15) is 13.2 Å². The summed E-state index contributed by atoms with van der Waals surface area (Å²) >= 11 is 0. The standard InChI is InChI=1S/C13H17F3N2O/c1-8(2)9-4-6-10(7-5-9)18-11(19)12(3,17)13(14,15)16/h4-8H,17H2,1-3H3,(H,18,19). The summed E-state index contributed by atoms with van der Waals surface area (Å²) in [5, 5.41) is 2.17. The molecule has 0 fully saturated rings. The minimum Gasteiger partial charge on any atom is -0.324 e. The van der Waals surface area contributed by atoms with Gasteiger partial charge in [-0.15, -0.1) is 0 Å². The number of rotatable bonds is 3. The topological polar surface area (TPSA) is 55.1 Å². The second-order valence-electron chi connectivity index (χ2n) is 4.93. The Morgan fingerprint density at radius 1 is 1.21 bits per heavy atom. The predicted molar refractivity (Wildman–Crippen MR) is 67.8 cm³/mol. The lowest BCUT2D eigenvalue weighted by Crippen LogP contribution is -2.59. The Hall–Kier alpha value is -1.56. The summed E-state index contributed by atoms with van der Waals surface area (Å²) in [5.41, 5.74) is 3.43. The van der Waals surface area contributed by atoms with E-state index in [9.17, 15) is 18.0 Å². The maximum absolute atomic E-state index is 12.6. The first kappa shape index (κ1) is 15.5. The molecule has 0 heterocycles. The molecular weight excluding hydrogens is 257 g/mol. The Morgan fingerprint density at radius 3 is 2.05 bits per heavy atom. The maximum atomic E-state index is 12.6. The van der Waals surface area contributed by atoms with Crippen LogP contribution in [0, 0.1) is 0 Å². The van der Waals surface area contributed by atoms with Crippen molar-refractivity contribution in [3.05, 3.63) is 29.8 Å². The van der Waals surface area contributed by atoms with Crippen molar-refractivity contribution in [3.8, 4) is 0 Å². The molecule has 1 unspecified atom stereocenters. The van der Waals surface area contributed by atoms with Gasteiger partial charge >= 0.3 is 6.18 Å². The van der Waals surface area contributed by atoms with E-state index >= 15 is 0 Å². The van der Waals surface area contributed by atoms with Crippen molar-refractivity contribution in [2.24, 2.45) is 5.73 Å². The molecule has 6 heteroatoms. The highest BCUT2D eigenvalue weighted by molar-refractivity contribution is 5.98. The van der Waals surface area contributed by atoms with Gasteiger partial charge in [-0.1, -0.05) is 26.0 Å². The molecule has 19 heavy (non-hydrogen) atoms. The summed E-state index contributed by atoms with van der Waals surface area (Å²) in [4.78, 5) is 11.5. The number of hydrogen-bond donors (Lipinski definition) is 2. The van der Waals surface area contributed by atoms with Gasteiger partial charge in [-0.25, -0.2) is 0 Å². The largest absolute Gasteiger partial charge is 0.415 e. The first-order valence-corrected chi connectivity index (χ1v) is 5.82. The van der Waals surface area contributed by atoms with Crippen molar-refractivity contribution >= 4 is 11.6 Å². The zero-order valence-electron chi connectivity index (χ0n) is 11.0. The van der Waals surface area contributed by atoms with Gasteiger partial charge in [0.2, 0.25) is 0 Å². The predicted octanol–water partition coefficient (Wildman–Crippen LogP) is 3.03. The van der Waals surface area contributed by atoms with Crippen molar-refractivity contribution in [2.75, 3.05) is 5.32 Å². The zero-order valence-corrected chi connectivity index (χ0v) is 11.0. The van der Waals surface area contributed by atoms with Crippen LogP contribution in [0.4, 0.5) is 18.9 Å². The molecule has 0 spiro atoms. The van der Waals surface area contributed by atoms with E-state index in [0.717, 1.165) is 5.56 Å². The molecule has 0 bridgehead atoms. The number of halogens is 3. The van der Waals surface area contributed by atoms with Crippen molar-refractivity contribution in [1.29, 1.82) is 0 Å². The normalized spacial score (nSPS) is 15.2. The summed E-state index contributed by atoms with van der Waals surface area (Å²) in [6, 6.07) is 6.61. The minimum absolute atomic E-state index is 0.287. The van der Waals surface area contributed by atoms with Gasteiger partial charge in [0.15, 0.2) is 5.54 Å². The molecular formula is C13H17F3N2O.